The minimum Gasteiger partial charge on any atom is -0.458 e. The van der Waals surface area contributed by atoms with Gasteiger partial charge in [0.1, 0.15) is 17.5 Å². The Morgan fingerprint density at radius 1 is 1.03 bits per heavy atom. The summed E-state index contributed by atoms with van der Waals surface area (Å²) in [5, 5.41) is 34.6. The monoisotopic (exact) mass is 836 g/mol. The highest BCUT2D eigenvalue weighted by atomic mass is 16.6. The molecule has 1 saturated heterocycles. The van der Waals surface area contributed by atoms with Crippen LogP contribution in [0.25, 0.3) is 0 Å². The van der Waals surface area contributed by atoms with E-state index >= 15 is 0 Å². The minimum atomic E-state index is -1.00. The summed E-state index contributed by atoms with van der Waals surface area (Å²) in [5.74, 6) is -2.68. The molecule has 336 valence electrons. The van der Waals surface area contributed by atoms with Crippen LogP contribution in [-0.4, -0.2) is 147 Å². The fourth-order valence-electron chi connectivity index (χ4n) is 8.64. The largest absolute Gasteiger partial charge is 0.458 e. The van der Waals surface area contributed by atoms with Crippen LogP contribution in [0.1, 0.15) is 80.1 Å². The summed E-state index contributed by atoms with van der Waals surface area (Å²) in [4.78, 5) is 39.4. The first-order valence-electron chi connectivity index (χ1n) is 21.0. The van der Waals surface area contributed by atoms with Gasteiger partial charge in [0, 0.05) is 97.1 Å². The number of ketones is 1. The van der Waals surface area contributed by atoms with E-state index in [0.29, 0.717) is 44.1 Å². The smallest absolute Gasteiger partial charge is 0.331 e. The van der Waals surface area contributed by atoms with Crippen LogP contribution in [-0.2, 0) is 47.5 Å². The number of aliphatic hydroxyl groups excluding tert-OH is 3. The molecule has 0 saturated carbocycles. The molecule has 3 heterocycles. The molecule has 0 aromatic heterocycles. The van der Waals surface area contributed by atoms with Crippen molar-refractivity contribution in [3.63, 3.8) is 0 Å². The highest BCUT2D eigenvalue weighted by Crippen LogP contribution is 2.42. The van der Waals surface area contributed by atoms with Crippen molar-refractivity contribution in [2.24, 2.45) is 29.6 Å². The third-order valence-electron chi connectivity index (χ3n) is 12.7. The molecule has 1 fully saturated rings. The van der Waals surface area contributed by atoms with Crippen molar-refractivity contribution >= 4 is 18.2 Å². The van der Waals surface area contributed by atoms with Crippen LogP contribution in [0.5, 0.6) is 0 Å². The normalized spacial score (nSPS) is 34.8. The molecular formula is C45H73NO13. The first-order chi connectivity index (χ1) is 28.0. The van der Waals surface area contributed by atoms with Crippen LogP contribution in [0.4, 0.5) is 0 Å². The number of amides is 1. The molecule has 16 atom stereocenters. The Kier molecular flexibility index (Phi) is 20.6. The van der Waals surface area contributed by atoms with Gasteiger partial charge in [-0.3, -0.25) is 9.59 Å². The number of nitrogens with zero attached hydrogens (tertiary/aromatic N) is 1. The molecule has 0 aromatic carbocycles. The van der Waals surface area contributed by atoms with Crippen molar-refractivity contribution in [2.75, 3.05) is 42.1 Å². The number of hydrogen-bond acceptors (Lipinski definition) is 13. The van der Waals surface area contributed by atoms with Gasteiger partial charge >= 0.3 is 5.97 Å². The number of hydrogen-bond donors (Lipinski definition) is 3. The summed E-state index contributed by atoms with van der Waals surface area (Å²) < 4.78 is 41.9. The number of rotatable bonds is 16. The van der Waals surface area contributed by atoms with Gasteiger partial charge in [-0.15, -0.1) is 0 Å². The van der Waals surface area contributed by atoms with E-state index in [4.69, 9.17) is 33.2 Å². The van der Waals surface area contributed by atoms with Gasteiger partial charge in [-0.1, -0.05) is 70.6 Å². The highest BCUT2D eigenvalue weighted by Gasteiger charge is 2.59. The number of fused-ring (bicyclic) bond motifs is 2. The number of cyclic esters (lactones) is 1. The summed E-state index contributed by atoms with van der Waals surface area (Å²) in [6.07, 6.45) is 8.18. The van der Waals surface area contributed by atoms with Crippen LogP contribution in [0, 0.1) is 29.6 Å². The summed E-state index contributed by atoms with van der Waals surface area (Å²) in [6, 6.07) is 0. The zero-order valence-corrected chi connectivity index (χ0v) is 37.1. The van der Waals surface area contributed by atoms with E-state index in [1.54, 1.807) is 53.7 Å². The number of carbonyl (C=O) groups is 3. The van der Waals surface area contributed by atoms with E-state index in [1.807, 2.05) is 52.8 Å². The third-order valence-corrected chi connectivity index (χ3v) is 12.7. The topological polar surface area (TPSA) is 183 Å². The van der Waals surface area contributed by atoms with E-state index < -0.39 is 78.2 Å². The van der Waals surface area contributed by atoms with Gasteiger partial charge in [0.25, 0.3) is 0 Å². The van der Waals surface area contributed by atoms with Crippen LogP contribution >= 0.6 is 0 Å². The predicted molar refractivity (Wildman–Crippen MR) is 222 cm³/mol. The Labute approximate surface area is 351 Å². The molecule has 0 aliphatic carbocycles. The lowest BCUT2D eigenvalue weighted by atomic mass is 9.78. The molecular weight excluding hydrogens is 762 g/mol. The lowest BCUT2D eigenvalue weighted by Gasteiger charge is -2.39. The molecule has 0 unspecified atom stereocenters. The molecule has 3 aliphatic rings. The molecule has 1 spiro atoms. The Hall–Kier alpha value is -2.79. The number of aliphatic hydroxyl groups is 3. The van der Waals surface area contributed by atoms with Gasteiger partial charge in [0.05, 0.1) is 61.5 Å². The second kappa shape index (κ2) is 24.0. The van der Waals surface area contributed by atoms with E-state index in [1.165, 1.54) is 18.1 Å². The van der Waals surface area contributed by atoms with Gasteiger partial charge in [-0.25, -0.2) is 4.79 Å². The molecule has 14 nitrogen and oxygen atoms in total. The molecule has 3 aliphatic heterocycles. The standard InChI is InChI=1S/C45H73NO13/c1-27-15-18-41(51)59-44(32(6)42(52)28(2)16-17-35(48)30(4)43(56-11)29(3)19-20-46(7)26-47)31(5)37(53-8)24-40(55-10)45(25-57-45)39(50)23-34-14-12-13-33(58-34)22-38(54-9)36(49)21-27/h12-13,15,18-21,26,28-34,36-40,42-44,49-50,52H,14,16-17,22-25H2,1-11H3/b18-15-,20-19+,27-21?/t28-,29+,30-,31-,32-,33-,34-,36-,37+,38+,39-,40-,42-,43+,44-,45-/m0/s1. The molecule has 0 radical (unpaired) electrons. The Morgan fingerprint density at radius 2 is 1.71 bits per heavy atom. The first kappa shape index (κ1) is 50.6. The predicted octanol–water partition coefficient (Wildman–Crippen LogP) is 4.34. The van der Waals surface area contributed by atoms with Crippen molar-refractivity contribution in [1.29, 1.82) is 0 Å². The second-order valence-corrected chi connectivity index (χ2v) is 17.0. The average molecular weight is 836 g/mol. The van der Waals surface area contributed by atoms with E-state index in [9.17, 15) is 29.7 Å². The third kappa shape index (κ3) is 14.1. The number of allylic oxidation sites excluding steroid dienone is 2. The molecule has 59 heavy (non-hydrogen) atoms. The van der Waals surface area contributed by atoms with Crippen molar-refractivity contribution in [3.8, 4) is 0 Å². The summed E-state index contributed by atoms with van der Waals surface area (Å²) >= 11 is 0. The van der Waals surface area contributed by atoms with E-state index in [2.05, 4.69) is 0 Å². The van der Waals surface area contributed by atoms with Crippen LogP contribution < -0.4 is 0 Å². The number of methoxy groups -OCH3 is 4. The molecule has 3 rings (SSSR count). The molecule has 3 N–H and O–H groups in total. The maximum atomic E-state index is 13.6. The van der Waals surface area contributed by atoms with Crippen LogP contribution in [0.3, 0.4) is 0 Å². The van der Waals surface area contributed by atoms with Crippen molar-refractivity contribution in [3.05, 3.63) is 48.2 Å². The van der Waals surface area contributed by atoms with Gasteiger partial charge in [-0.05, 0) is 25.7 Å². The fourth-order valence-corrected chi connectivity index (χ4v) is 8.64. The Balaban J connectivity index is 1.88. The maximum Gasteiger partial charge on any atom is 0.331 e. The molecule has 1 amide bonds. The van der Waals surface area contributed by atoms with Crippen LogP contribution in [0.15, 0.2) is 48.2 Å². The quantitative estimate of drug-likeness (QED) is 0.0865. The molecule has 14 heteroatoms. The molecule has 0 aromatic rings. The summed E-state index contributed by atoms with van der Waals surface area (Å²) in [7, 11) is 7.84. The number of esters is 1. The van der Waals surface area contributed by atoms with Crippen molar-refractivity contribution in [2.45, 2.75) is 147 Å². The zero-order chi connectivity index (χ0) is 44.0. The number of carbonyl (C=O) groups excluding carboxylic acids is 3. The maximum absolute atomic E-state index is 13.6. The first-order valence-corrected chi connectivity index (χ1v) is 21.0. The second-order valence-electron chi connectivity index (χ2n) is 17.0. The van der Waals surface area contributed by atoms with Gasteiger partial charge in [-0.2, -0.15) is 0 Å². The minimum absolute atomic E-state index is 0.0137. The fraction of sp³-hybridized carbons (Fsp3) is 0.756. The van der Waals surface area contributed by atoms with E-state index in [-0.39, 0.29) is 42.9 Å². The number of epoxide rings is 1. The van der Waals surface area contributed by atoms with Gasteiger partial charge in [0.15, 0.2) is 0 Å². The lowest BCUT2D eigenvalue weighted by molar-refractivity contribution is -0.159. The summed E-state index contributed by atoms with van der Waals surface area (Å²) in [5.41, 5.74) is -0.390. The Bertz CT molecular complexity index is 1440. The molecule has 2 bridgehead atoms. The van der Waals surface area contributed by atoms with Crippen molar-refractivity contribution < 1.29 is 62.9 Å². The zero-order valence-electron chi connectivity index (χ0n) is 37.1. The van der Waals surface area contributed by atoms with Gasteiger partial charge in [0.2, 0.25) is 6.41 Å². The Morgan fingerprint density at radius 3 is 2.31 bits per heavy atom. The number of Topliss-reactive ketones (excluding diaryl/α,β-unsaturated/α-hetero) is 1. The van der Waals surface area contributed by atoms with Crippen molar-refractivity contribution in [1.82, 2.24) is 4.90 Å². The lowest BCUT2D eigenvalue weighted by Crippen LogP contribution is -2.49. The van der Waals surface area contributed by atoms with Crippen LogP contribution in [0.2, 0.25) is 0 Å². The highest BCUT2D eigenvalue weighted by molar-refractivity contribution is 5.82. The SMILES string of the molecule is CO[C@H]([C@H](C)/C=C/N(C)C=O)[C@@H](C)C(=O)CC[C@H](C)[C@H](O)[C@H](C)[C@H]1OC(=O)/C=C\C(C)=C[C@H](O)[C@H](OC)C[C@@H]2C=CC[C@@H](C[C@H](O)[C@@]3(CO3)[C@@H](OC)C[C@@H](OC)[C@@H]1C)O2. The summed E-state index contributed by atoms with van der Waals surface area (Å²) in [6.45, 7) is 11.4. The average Bonchev–Trinajstić information content (AvgIpc) is 4.03. The number of ether oxygens (including phenoxy) is 7. The van der Waals surface area contributed by atoms with E-state index in [0.717, 1.165) is 0 Å². The van der Waals surface area contributed by atoms with Gasteiger partial charge < -0.3 is 53.4 Å².